The van der Waals surface area contributed by atoms with Crippen molar-refractivity contribution in [3.05, 3.63) is 35.0 Å². The monoisotopic (exact) mass is 251 g/mol. The summed E-state index contributed by atoms with van der Waals surface area (Å²) in [5, 5.41) is 1.75. The third-order valence-electron chi connectivity index (χ3n) is 2.98. The molecule has 1 aromatic heterocycles. The van der Waals surface area contributed by atoms with E-state index in [2.05, 4.69) is 6.92 Å². The number of benzene rings is 1. The van der Waals surface area contributed by atoms with Crippen LogP contribution in [0.1, 0.15) is 44.4 Å². The fourth-order valence-corrected chi connectivity index (χ4v) is 2.15. The number of hydrogen-bond donors (Lipinski definition) is 1. The Morgan fingerprint density at radius 3 is 2.88 bits per heavy atom. The van der Waals surface area contributed by atoms with Crippen molar-refractivity contribution >= 4 is 22.6 Å². The Balaban J connectivity index is 2.12. The molecule has 2 aromatic rings. The van der Waals surface area contributed by atoms with E-state index in [1.807, 2.05) is 24.3 Å². The maximum Gasteiger partial charge on any atom is 0.134 e. The molecule has 0 amide bonds. The average Bonchev–Trinajstić information content (AvgIpc) is 2.72. The lowest BCUT2D eigenvalue weighted by molar-refractivity contribution is 0.464. The van der Waals surface area contributed by atoms with E-state index in [0.717, 1.165) is 34.6 Å². The summed E-state index contributed by atoms with van der Waals surface area (Å²) in [6.07, 6.45) is 4.55. The van der Waals surface area contributed by atoms with E-state index in [4.69, 9.17) is 21.8 Å². The number of unbranched alkanes of at least 4 members (excludes halogenated alkanes) is 2. The highest BCUT2D eigenvalue weighted by Gasteiger charge is 2.11. The van der Waals surface area contributed by atoms with Gasteiger partial charge in [0, 0.05) is 10.4 Å². The van der Waals surface area contributed by atoms with Crippen molar-refractivity contribution in [3.8, 4) is 0 Å². The molecule has 1 atom stereocenters. The fourth-order valence-electron chi connectivity index (χ4n) is 1.97. The quantitative estimate of drug-likeness (QED) is 0.785. The summed E-state index contributed by atoms with van der Waals surface area (Å²) in [5.74, 6) is 0.860. The SMILES string of the molecule is CCCCCC(N)c1cc2cc(Cl)ccc2o1. The number of rotatable bonds is 5. The maximum absolute atomic E-state index is 6.11. The van der Waals surface area contributed by atoms with E-state index in [9.17, 15) is 0 Å². The van der Waals surface area contributed by atoms with Gasteiger partial charge in [0.05, 0.1) is 6.04 Å². The molecule has 0 fully saturated rings. The van der Waals surface area contributed by atoms with Gasteiger partial charge in [-0.1, -0.05) is 37.8 Å². The predicted octanol–water partition coefficient (Wildman–Crippen LogP) is 4.67. The number of fused-ring (bicyclic) bond motifs is 1. The van der Waals surface area contributed by atoms with E-state index in [1.165, 1.54) is 12.8 Å². The zero-order chi connectivity index (χ0) is 12.3. The largest absolute Gasteiger partial charge is 0.459 e. The molecule has 1 unspecified atom stereocenters. The van der Waals surface area contributed by atoms with E-state index >= 15 is 0 Å². The Labute approximate surface area is 107 Å². The Morgan fingerprint density at radius 1 is 1.29 bits per heavy atom. The van der Waals surface area contributed by atoms with Crippen molar-refractivity contribution in [2.75, 3.05) is 0 Å². The van der Waals surface area contributed by atoms with Gasteiger partial charge in [-0.15, -0.1) is 0 Å². The van der Waals surface area contributed by atoms with Crippen molar-refractivity contribution in [2.24, 2.45) is 5.73 Å². The summed E-state index contributed by atoms with van der Waals surface area (Å²) in [7, 11) is 0. The van der Waals surface area contributed by atoms with Crippen LogP contribution in [0.25, 0.3) is 11.0 Å². The van der Waals surface area contributed by atoms with Gasteiger partial charge in [0.15, 0.2) is 0 Å². The van der Waals surface area contributed by atoms with Crippen LogP contribution in [-0.4, -0.2) is 0 Å². The number of halogens is 1. The first-order chi connectivity index (χ1) is 8.20. The van der Waals surface area contributed by atoms with Crippen molar-refractivity contribution in [3.63, 3.8) is 0 Å². The second kappa shape index (κ2) is 5.56. The Kier molecular flexibility index (Phi) is 4.08. The standard InChI is InChI=1S/C14H18ClNO/c1-2-3-4-5-12(16)14-9-10-8-11(15)6-7-13(10)17-14/h6-9,12H,2-5,16H2,1H3. The smallest absolute Gasteiger partial charge is 0.134 e. The minimum atomic E-state index is -0.00674. The van der Waals surface area contributed by atoms with Gasteiger partial charge < -0.3 is 10.2 Å². The highest BCUT2D eigenvalue weighted by atomic mass is 35.5. The average molecular weight is 252 g/mol. The molecule has 0 aliphatic rings. The van der Waals surface area contributed by atoms with Crippen molar-refractivity contribution < 1.29 is 4.42 Å². The normalized spacial score (nSPS) is 13.1. The molecule has 0 aliphatic heterocycles. The molecule has 2 rings (SSSR count). The summed E-state index contributed by atoms with van der Waals surface area (Å²) in [6.45, 7) is 2.19. The van der Waals surface area contributed by atoms with E-state index < -0.39 is 0 Å². The summed E-state index contributed by atoms with van der Waals surface area (Å²) in [4.78, 5) is 0. The van der Waals surface area contributed by atoms with Crippen LogP contribution in [0.2, 0.25) is 5.02 Å². The number of hydrogen-bond acceptors (Lipinski definition) is 2. The topological polar surface area (TPSA) is 39.2 Å². The van der Waals surface area contributed by atoms with Crippen LogP contribution in [-0.2, 0) is 0 Å². The summed E-state index contributed by atoms with van der Waals surface area (Å²) < 4.78 is 5.73. The molecule has 1 aromatic carbocycles. The van der Waals surface area contributed by atoms with Gasteiger partial charge in [-0.25, -0.2) is 0 Å². The van der Waals surface area contributed by atoms with Crippen molar-refractivity contribution in [2.45, 2.75) is 38.6 Å². The van der Waals surface area contributed by atoms with E-state index in [1.54, 1.807) is 0 Å². The zero-order valence-electron chi connectivity index (χ0n) is 10.1. The lowest BCUT2D eigenvalue weighted by Crippen LogP contribution is -2.08. The molecule has 0 saturated carbocycles. The fraction of sp³-hybridized carbons (Fsp3) is 0.429. The Hall–Kier alpha value is -0.990. The van der Waals surface area contributed by atoms with Crippen LogP contribution in [0.3, 0.4) is 0 Å². The number of furan rings is 1. The van der Waals surface area contributed by atoms with Crippen LogP contribution >= 0.6 is 11.6 Å². The highest BCUT2D eigenvalue weighted by molar-refractivity contribution is 6.31. The van der Waals surface area contributed by atoms with Crippen LogP contribution in [0.4, 0.5) is 0 Å². The molecule has 1 heterocycles. The Morgan fingerprint density at radius 2 is 2.12 bits per heavy atom. The van der Waals surface area contributed by atoms with Crippen LogP contribution < -0.4 is 5.73 Å². The van der Waals surface area contributed by atoms with E-state index in [-0.39, 0.29) is 6.04 Å². The van der Waals surface area contributed by atoms with Gasteiger partial charge in [-0.2, -0.15) is 0 Å². The molecule has 0 bridgehead atoms. The summed E-state index contributed by atoms with van der Waals surface area (Å²) in [5.41, 5.74) is 6.97. The minimum absolute atomic E-state index is 0.00674. The highest BCUT2D eigenvalue weighted by Crippen LogP contribution is 2.27. The minimum Gasteiger partial charge on any atom is -0.459 e. The van der Waals surface area contributed by atoms with Gasteiger partial charge in [-0.05, 0) is 30.7 Å². The molecule has 3 heteroatoms. The molecule has 0 aliphatic carbocycles. The predicted molar refractivity (Wildman–Crippen MR) is 72.3 cm³/mol. The van der Waals surface area contributed by atoms with Crippen molar-refractivity contribution in [1.82, 2.24) is 0 Å². The first-order valence-electron chi connectivity index (χ1n) is 6.15. The van der Waals surface area contributed by atoms with Gasteiger partial charge in [-0.3, -0.25) is 0 Å². The number of nitrogens with two attached hydrogens (primary N) is 1. The first kappa shape index (κ1) is 12.5. The van der Waals surface area contributed by atoms with Crippen LogP contribution in [0.5, 0.6) is 0 Å². The van der Waals surface area contributed by atoms with Crippen molar-refractivity contribution in [1.29, 1.82) is 0 Å². The zero-order valence-corrected chi connectivity index (χ0v) is 10.8. The molecule has 0 radical (unpaired) electrons. The third-order valence-corrected chi connectivity index (χ3v) is 3.22. The van der Waals surface area contributed by atoms with Gasteiger partial charge in [0.1, 0.15) is 11.3 Å². The lowest BCUT2D eigenvalue weighted by atomic mass is 10.1. The first-order valence-corrected chi connectivity index (χ1v) is 6.53. The second-order valence-corrected chi connectivity index (χ2v) is 4.87. The molecule has 0 saturated heterocycles. The molecular formula is C14H18ClNO. The molecule has 2 nitrogen and oxygen atoms in total. The Bertz CT molecular complexity index is 492. The molecule has 0 spiro atoms. The molecule has 17 heavy (non-hydrogen) atoms. The lowest BCUT2D eigenvalue weighted by Gasteiger charge is -2.07. The van der Waals surface area contributed by atoms with E-state index in [0.29, 0.717) is 0 Å². The van der Waals surface area contributed by atoms with Gasteiger partial charge >= 0.3 is 0 Å². The third kappa shape index (κ3) is 3.02. The summed E-state index contributed by atoms with van der Waals surface area (Å²) in [6, 6.07) is 7.62. The molecule has 92 valence electrons. The maximum atomic E-state index is 6.11. The van der Waals surface area contributed by atoms with Crippen LogP contribution in [0.15, 0.2) is 28.7 Å². The second-order valence-electron chi connectivity index (χ2n) is 4.43. The van der Waals surface area contributed by atoms with Gasteiger partial charge in [0.25, 0.3) is 0 Å². The van der Waals surface area contributed by atoms with Crippen LogP contribution in [0, 0.1) is 0 Å². The summed E-state index contributed by atoms with van der Waals surface area (Å²) >= 11 is 5.94. The molecular weight excluding hydrogens is 234 g/mol. The van der Waals surface area contributed by atoms with Gasteiger partial charge in [0.2, 0.25) is 0 Å². The molecule has 2 N–H and O–H groups in total.